The number of aliphatic hydroxyl groups is 1. The van der Waals surface area contributed by atoms with Gasteiger partial charge in [0.05, 0.1) is 26.0 Å². The van der Waals surface area contributed by atoms with Gasteiger partial charge in [0, 0.05) is 35.7 Å². The zero-order valence-electron chi connectivity index (χ0n) is 16.5. The standard InChI is InChI=1S/C22H25N3O4/c1-3-28-16-7-4-6-15(12-16)23-22-18-10-14-11-20(29-9-5-8-26)19(27-2)13-17(14)21(18)24-25-22/h4,6-7,10-13,23-26H,3,5,8-9H2,1-2H3. The molecule has 0 fully saturated rings. The Morgan fingerprint density at radius 2 is 1.93 bits per heavy atom. The molecule has 2 aromatic rings. The number of hydrogen-bond acceptors (Lipinski definition) is 5. The van der Waals surface area contributed by atoms with Crippen LogP contribution in [0.25, 0.3) is 22.0 Å². The molecule has 0 unspecified atom stereocenters. The molecule has 1 aliphatic carbocycles. The summed E-state index contributed by atoms with van der Waals surface area (Å²) in [6.45, 7) is 3.13. The van der Waals surface area contributed by atoms with Crippen LogP contribution in [0.2, 0.25) is 0 Å². The predicted molar refractivity (Wildman–Crippen MR) is 114 cm³/mol. The number of methoxy groups -OCH3 is 1. The molecule has 7 nitrogen and oxygen atoms in total. The smallest absolute Gasteiger partial charge is 0.161 e. The molecule has 0 atom stereocenters. The van der Waals surface area contributed by atoms with Crippen molar-refractivity contribution < 1.29 is 19.3 Å². The summed E-state index contributed by atoms with van der Waals surface area (Å²) in [6.07, 6.45) is 0.576. The average Bonchev–Trinajstić information content (AvgIpc) is 3.27. The van der Waals surface area contributed by atoms with Crippen LogP contribution < -0.4 is 19.5 Å². The van der Waals surface area contributed by atoms with E-state index in [4.69, 9.17) is 19.3 Å². The van der Waals surface area contributed by atoms with Gasteiger partial charge in [-0.15, -0.1) is 0 Å². The van der Waals surface area contributed by atoms with E-state index >= 15 is 0 Å². The van der Waals surface area contributed by atoms with Crippen LogP contribution in [-0.2, 0) is 0 Å². The molecule has 0 amide bonds. The summed E-state index contributed by atoms with van der Waals surface area (Å²) in [7, 11) is 1.62. The summed E-state index contributed by atoms with van der Waals surface area (Å²) < 4.78 is 16.9. The van der Waals surface area contributed by atoms with Gasteiger partial charge in [0.2, 0.25) is 0 Å². The Kier molecular flexibility index (Phi) is 5.48. The van der Waals surface area contributed by atoms with Gasteiger partial charge in [-0.2, -0.15) is 0 Å². The summed E-state index contributed by atoms with van der Waals surface area (Å²) in [6, 6.07) is 13.9. The molecule has 0 saturated carbocycles. The normalized spacial score (nSPS) is 11.1. The van der Waals surface area contributed by atoms with Crippen molar-refractivity contribution >= 4 is 22.3 Å². The van der Waals surface area contributed by atoms with E-state index in [9.17, 15) is 0 Å². The Bertz CT molecular complexity index is 1070. The second-order valence-corrected chi connectivity index (χ2v) is 6.66. The minimum Gasteiger partial charge on any atom is -0.494 e. The summed E-state index contributed by atoms with van der Waals surface area (Å²) in [4.78, 5) is 0. The zero-order valence-corrected chi connectivity index (χ0v) is 16.5. The van der Waals surface area contributed by atoms with Gasteiger partial charge in [-0.1, -0.05) is 6.07 Å². The summed E-state index contributed by atoms with van der Waals surface area (Å²) in [5.41, 5.74) is 2.96. The molecule has 7 heteroatoms. The van der Waals surface area contributed by atoms with Gasteiger partial charge in [-0.3, -0.25) is 10.2 Å². The van der Waals surface area contributed by atoms with Crippen molar-refractivity contribution in [2.45, 2.75) is 13.3 Å². The van der Waals surface area contributed by atoms with Crippen LogP contribution in [0.1, 0.15) is 13.3 Å². The maximum atomic E-state index is 8.98. The number of aliphatic hydroxyl groups excluding tert-OH is 1. The van der Waals surface area contributed by atoms with Crippen molar-refractivity contribution in [3.8, 4) is 28.5 Å². The van der Waals surface area contributed by atoms with E-state index in [0.717, 1.165) is 39.3 Å². The third-order valence-electron chi connectivity index (χ3n) is 4.73. The maximum Gasteiger partial charge on any atom is 0.161 e. The van der Waals surface area contributed by atoms with Gasteiger partial charge < -0.3 is 24.6 Å². The van der Waals surface area contributed by atoms with Crippen LogP contribution in [0.15, 0.2) is 42.5 Å². The quantitative estimate of drug-likeness (QED) is 0.313. The van der Waals surface area contributed by atoms with Gasteiger partial charge in [0.15, 0.2) is 11.5 Å². The number of ether oxygens (including phenoxy) is 3. The van der Waals surface area contributed by atoms with Crippen molar-refractivity contribution in [2.24, 2.45) is 0 Å². The van der Waals surface area contributed by atoms with Gasteiger partial charge in [-0.05, 0) is 42.6 Å². The van der Waals surface area contributed by atoms with Crippen LogP contribution in [0.3, 0.4) is 0 Å². The highest BCUT2D eigenvalue weighted by molar-refractivity contribution is 6.05. The molecule has 29 heavy (non-hydrogen) atoms. The first-order valence-electron chi connectivity index (χ1n) is 9.67. The van der Waals surface area contributed by atoms with Crippen LogP contribution in [0.5, 0.6) is 17.2 Å². The molecule has 0 bridgehead atoms. The Morgan fingerprint density at radius 1 is 1.03 bits per heavy atom. The van der Waals surface area contributed by atoms with E-state index in [1.54, 1.807) is 7.11 Å². The molecule has 4 N–H and O–H groups in total. The molecule has 0 radical (unpaired) electrons. The number of anilines is 2. The van der Waals surface area contributed by atoms with Crippen LogP contribution >= 0.6 is 0 Å². The molecule has 2 aliphatic rings. The largest absolute Gasteiger partial charge is 0.494 e. The lowest BCUT2D eigenvalue weighted by Crippen LogP contribution is -2.01. The molecular weight excluding hydrogens is 370 g/mol. The fraction of sp³-hybridized carbons (Fsp3) is 0.273. The topological polar surface area (TPSA) is 91.5 Å². The molecular formula is C22H25N3O4. The zero-order chi connectivity index (χ0) is 20.2. The van der Waals surface area contributed by atoms with Gasteiger partial charge in [0.1, 0.15) is 11.6 Å². The lowest BCUT2D eigenvalue weighted by atomic mass is 10.2. The minimum atomic E-state index is 0.0965. The van der Waals surface area contributed by atoms with Crippen molar-refractivity contribution in [3.63, 3.8) is 0 Å². The average molecular weight is 395 g/mol. The van der Waals surface area contributed by atoms with E-state index in [0.29, 0.717) is 31.1 Å². The maximum absolute atomic E-state index is 8.98. The first-order valence-corrected chi connectivity index (χ1v) is 9.67. The number of nitrogens with one attached hydrogen (secondary N) is 3. The lowest BCUT2D eigenvalue weighted by molar-refractivity contribution is 0.228. The summed E-state index contributed by atoms with van der Waals surface area (Å²) in [5, 5.41) is 20.9. The van der Waals surface area contributed by atoms with Crippen molar-refractivity contribution in [1.82, 2.24) is 10.2 Å². The highest BCUT2D eigenvalue weighted by atomic mass is 16.5. The highest BCUT2D eigenvalue weighted by Gasteiger charge is 2.19. The fourth-order valence-corrected chi connectivity index (χ4v) is 3.40. The number of aromatic amines is 2. The fourth-order valence-electron chi connectivity index (χ4n) is 3.40. The van der Waals surface area contributed by atoms with Crippen LogP contribution in [0, 0.1) is 0 Å². The second kappa shape index (κ2) is 8.36. The van der Waals surface area contributed by atoms with E-state index in [2.05, 4.69) is 21.6 Å². The third-order valence-corrected chi connectivity index (χ3v) is 4.73. The molecule has 152 valence electrons. The Labute approximate surface area is 168 Å². The van der Waals surface area contributed by atoms with E-state index in [1.165, 1.54) is 0 Å². The third kappa shape index (κ3) is 3.82. The molecule has 4 rings (SSSR count). The molecule has 0 aromatic heterocycles. The molecule has 0 spiro atoms. The number of hydrogen-bond donors (Lipinski definition) is 4. The molecule has 2 aromatic carbocycles. The Balaban J connectivity index is 1.65. The van der Waals surface area contributed by atoms with Crippen LogP contribution in [-0.4, -0.2) is 42.2 Å². The predicted octanol–water partition coefficient (Wildman–Crippen LogP) is 4.51. The van der Waals surface area contributed by atoms with E-state index in [1.807, 2.05) is 43.3 Å². The van der Waals surface area contributed by atoms with Gasteiger partial charge in [-0.25, -0.2) is 0 Å². The number of benzene rings is 2. The molecule has 1 aliphatic heterocycles. The number of rotatable bonds is 9. The second-order valence-electron chi connectivity index (χ2n) is 6.66. The SMILES string of the molecule is CCOc1cccc(Nc2[nH][nH]c3c4cc(OC)c(OCCCO)cc4cc2-3)c1. The van der Waals surface area contributed by atoms with Crippen molar-refractivity contribution in [2.75, 3.05) is 32.2 Å². The number of fused-ring (bicyclic) bond motifs is 3. The first-order chi connectivity index (χ1) is 14.2. The molecule has 0 saturated heterocycles. The summed E-state index contributed by atoms with van der Waals surface area (Å²) in [5.74, 6) is 3.03. The minimum absolute atomic E-state index is 0.0965. The van der Waals surface area contributed by atoms with Crippen molar-refractivity contribution in [1.29, 1.82) is 0 Å². The Morgan fingerprint density at radius 3 is 2.72 bits per heavy atom. The van der Waals surface area contributed by atoms with Crippen LogP contribution in [0.4, 0.5) is 11.5 Å². The Hall–Kier alpha value is -3.32. The monoisotopic (exact) mass is 395 g/mol. The number of aromatic nitrogens is 2. The van der Waals surface area contributed by atoms with Gasteiger partial charge >= 0.3 is 0 Å². The van der Waals surface area contributed by atoms with Crippen molar-refractivity contribution in [3.05, 3.63) is 42.5 Å². The molecule has 1 heterocycles. The summed E-state index contributed by atoms with van der Waals surface area (Å²) >= 11 is 0. The van der Waals surface area contributed by atoms with E-state index in [-0.39, 0.29) is 6.61 Å². The first kappa shape index (κ1) is 19.0. The lowest BCUT2D eigenvalue weighted by Gasteiger charge is -2.10. The van der Waals surface area contributed by atoms with E-state index < -0.39 is 0 Å². The van der Waals surface area contributed by atoms with Gasteiger partial charge in [0.25, 0.3) is 0 Å². The number of H-pyrrole nitrogens is 2. The highest BCUT2D eigenvalue weighted by Crippen LogP contribution is 2.43.